The molecule has 1 heterocycles. The molecule has 0 radical (unpaired) electrons. The second-order valence-corrected chi connectivity index (χ2v) is 6.22. The van der Waals surface area contributed by atoms with E-state index in [0.29, 0.717) is 18.2 Å². The van der Waals surface area contributed by atoms with Gasteiger partial charge in [0.2, 0.25) is 11.8 Å². The molecule has 2 aromatic rings. The van der Waals surface area contributed by atoms with Crippen molar-refractivity contribution in [3.05, 3.63) is 59.5 Å². The van der Waals surface area contributed by atoms with E-state index in [2.05, 4.69) is 36.6 Å². The van der Waals surface area contributed by atoms with Crippen molar-refractivity contribution in [2.24, 2.45) is 5.92 Å². The van der Waals surface area contributed by atoms with E-state index in [4.69, 9.17) is 4.42 Å². The Morgan fingerprint density at radius 2 is 1.71 bits per heavy atom. The van der Waals surface area contributed by atoms with E-state index in [0.717, 1.165) is 12.0 Å². The number of hydrogen-bond donors (Lipinski definition) is 2. The van der Waals surface area contributed by atoms with Gasteiger partial charge < -0.3 is 15.1 Å². The third kappa shape index (κ3) is 6.28. The van der Waals surface area contributed by atoms with Crippen LogP contribution in [0.15, 0.2) is 47.1 Å². The lowest BCUT2D eigenvalue weighted by molar-refractivity contribution is -0.125. The summed E-state index contributed by atoms with van der Waals surface area (Å²) in [5.74, 6) is 0.877. The topological polar surface area (TPSA) is 71.3 Å². The van der Waals surface area contributed by atoms with E-state index in [1.165, 1.54) is 5.56 Å². The quantitative estimate of drug-likeness (QED) is 0.782. The number of benzene rings is 1. The first kappa shape index (κ1) is 17.8. The minimum Gasteiger partial charge on any atom is -0.467 e. The smallest absolute Gasteiger partial charge is 0.239 e. The number of furan rings is 1. The molecular weight excluding hydrogens is 304 g/mol. The van der Waals surface area contributed by atoms with Gasteiger partial charge in [-0.1, -0.05) is 38.1 Å². The molecule has 1 aromatic carbocycles. The highest BCUT2D eigenvalue weighted by Gasteiger charge is 2.07. The van der Waals surface area contributed by atoms with Gasteiger partial charge in [0.25, 0.3) is 0 Å². The molecule has 0 spiro atoms. The van der Waals surface area contributed by atoms with Crippen LogP contribution >= 0.6 is 0 Å². The molecule has 0 bridgehead atoms. The standard InChI is InChI=1S/C19H24N2O3/c1-14(2)10-15-5-7-16(8-6-15)11-18(22)21-13-19(23)20-12-17-4-3-9-24-17/h3-9,14H,10-13H2,1-2H3,(H,20,23)(H,21,22). The van der Waals surface area contributed by atoms with Crippen LogP contribution in [0.1, 0.15) is 30.7 Å². The molecule has 2 rings (SSSR count). The van der Waals surface area contributed by atoms with Crippen LogP contribution in [0, 0.1) is 5.92 Å². The van der Waals surface area contributed by atoms with Gasteiger partial charge in [0.1, 0.15) is 5.76 Å². The Morgan fingerprint density at radius 3 is 2.33 bits per heavy atom. The molecule has 0 fully saturated rings. The molecule has 5 nitrogen and oxygen atoms in total. The SMILES string of the molecule is CC(C)Cc1ccc(CC(=O)NCC(=O)NCc2ccco2)cc1. The Hall–Kier alpha value is -2.56. The van der Waals surface area contributed by atoms with Gasteiger partial charge in [0.15, 0.2) is 0 Å². The van der Waals surface area contributed by atoms with Crippen molar-refractivity contribution in [2.75, 3.05) is 6.54 Å². The number of nitrogens with one attached hydrogen (secondary N) is 2. The lowest BCUT2D eigenvalue weighted by atomic mass is 10.0. The normalized spacial score (nSPS) is 10.6. The predicted molar refractivity (Wildman–Crippen MR) is 92.3 cm³/mol. The largest absolute Gasteiger partial charge is 0.467 e. The zero-order valence-electron chi connectivity index (χ0n) is 14.2. The maximum atomic E-state index is 11.9. The van der Waals surface area contributed by atoms with Gasteiger partial charge in [0, 0.05) is 0 Å². The van der Waals surface area contributed by atoms with E-state index in [1.54, 1.807) is 18.4 Å². The highest BCUT2D eigenvalue weighted by Crippen LogP contribution is 2.10. The van der Waals surface area contributed by atoms with E-state index in [1.807, 2.05) is 12.1 Å². The molecule has 1 aromatic heterocycles. The van der Waals surface area contributed by atoms with Crippen LogP contribution in [-0.4, -0.2) is 18.4 Å². The van der Waals surface area contributed by atoms with Crippen molar-refractivity contribution in [2.45, 2.75) is 33.2 Å². The molecule has 0 saturated heterocycles. The van der Waals surface area contributed by atoms with Crippen LogP contribution in [0.5, 0.6) is 0 Å². The van der Waals surface area contributed by atoms with E-state index in [9.17, 15) is 9.59 Å². The maximum Gasteiger partial charge on any atom is 0.239 e. The fourth-order valence-electron chi connectivity index (χ4n) is 2.35. The van der Waals surface area contributed by atoms with Crippen molar-refractivity contribution < 1.29 is 14.0 Å². The zero-order valence-corrected chi connectivity index (χ0v) is 14.2. The van der Waals surface area contributed by atoms with Gasteiger partial charge in [-0.15, -0.1) is 0 Å². The summed E-state index contributed by atoms with van der Waals surface area (Å²) in [6.07, 6.45) is 2.85. The molecule has 24 heavy (non-hydrogen) atoms. The second-order valence-electron chi connectivity index (χ2n) is 6.22. The minimum atomic E-state index is -0.243. The first-order chi connectivity index (χ1) is 11.5. The third-order valence-corrected chi connectivity index (χ3v) is 3.52. The van der Waals surface area contributed by atoms with Gasteiger partial charge >= 0.3 is 0 Å². The highest BCUT2D eigenvalue weighted by molar-refractivity contribution is 5.85. The van der Waals surface area contributed by atoms with Crippen LogP contribution in [0.4, 0.5) is 0 Å². The molecule has 0 saturated carbocycles. The van der Waals surface area contributed by atoms with E-state index in [-0.39, 0.29) is 24.8 Å². The van der Waals surface area contributed by atoms with Crippen molar-refractivity contribution in [3.8, 4) is 0 Å². The molecular formula is C19H24N2O3. The second kappa shape index (κ2) is 8.91. The number of hydrogen-bond acceptors (Lipinski definition) is 3. The first-order valence-corrected chi connectivity index (χ1v) is 8.16. The van der Waals surface area contributed by atoms with E-state index < -0.39 is 0 Å². The summed E-state index contributed by atoms with van der Waals surface area (Å²) in [6, 6.07) is 11.6. The Bertz CT molecular complexity index is 646. The number of carbonyl (C=O) groups is 2. The monoisotopic (exact) mass is 328 g/mol. The lowest BCUT2D eigenvalue weighted by Crippen LogP contribution is -2.37. The summed E-state index contributed by atoms with van der Waals surface area (Å²) < 4.78 is 5.12. The van der Waals surface area contributed by atoms with Gasteiger partial charge in [-0.25, -0.2) is 0 Å². The summed E-state index contributed by atoms with van der Waals surface area (Å²) in [6.45, 7) is 4.64. The Kier molecular flexibility index (Phi) is 6.61. The summed E-state index contributed by atoms with van der Waals surface area (Å²) in [5, 5.41) is 5.31. The van der Waals surface area contributed by atoms with Crippen molar-refractivity contribution >= 4 is 11.8 Å². The molecule has 2 amide bonds. The summed E-state index contributed by atoms with van der Waals surface area (Å²) in [7, 11) is 0. The van der Waals surface area contributed by atoms with Crippen LogP contribution in [0.2, 0.25) is 0 Å². The van der Waals surface area contributed by atoms with Gasteiger partial charge in [-0.3, -0.25) is 9.59 Å². The third-order valence-electron chi connectivity index (χ3n) is 3.52. The van der Waals surface area contributed by atoms with Gasteiger partial charge in [-0.05, 0) is 35.6 Å². The fraction of sp³-hybridized carbons (Fsp3) is 0.368. The summed E-state index contributed by atoms with van der Waals surface area (Å²) in [5.41, 5.74) is 2.21. The number of carbonyl (C=O) groups excluding carboxylic acids is 2. The van der Waals surface area contributed by atoms with Crippen LogP contribution < -0.4 is 10.6 Å². The van der Waals surface area contributed by atoms with Crippen LogP contribution in [0.3, 0.4) is 0 Å². The Balaban J connectivity index is 1.69. The maximum absolute atomic E-state index is 11.9. The Labute approximate surface area is 142 Å². The molecule has 2 N–H and O–H groups in total. The van der Waals surface area contributed by atoms with Crippen molar-refractivity contribution in [1.29, 1.82) is 0 Å². The molecule has 0 aliphatic rings. The molecule has 128 valence electrons. The average molecular weight is 328 g/mol. The number of rotatable bonds is 8. The highest BCUT2D eigenvalue weighted by atomic mass is 16.3. The summed E-state index contributed by atoms with van der Waals surface area (Å²) in [4.78, 5) is 23.6. The molecule has 0 atom stereocenters. The van der Waals surface area contributed by atoms with Crippen molar-refractivity contribution in [1.82, 2.24) is 10.6 Å². The van der Waals surface area contributed by atoms with Crippen LogP contribution in [0.25, 0.3) is 0 Å². The molecule has 0 unspecified atom stereocenters. The number of amides is 2. The average Bonchev–Trinajstić information content (AvgIpc) is 3.06. The molecule has 0 aliphatic carbocycles. The fourth-order valence-corrected chi connectivity index (χ4v) is 2.35. The Morgan fingerprint density at radius 1 is 1.00 bits per heavy atom. The summed E-state index contributed by atoms with van der Waals surface area (Å²) >= 11 is 0. The lowest BCUT2D eigenvalue weighted by Gasteiger charge is -2.08. The zero-order chi connectivity index (χ0) is 17.4. The first-order valence-electron chi connectivity index (χ1n) is 8.16. The van der Waals surface area contributed by atoms with E-state index >= 15 is 0 Å². The van der Waals surface area contributed by atoms with Crippen LogP contribution in [-0.2, 0) is 29.0 Å². The molecule has 5 heteroatoms. The van der Waals surface area contributed by atoms with Gasteiger partial charge in [-0.2, -0.15) is 0 Å². The van der Waals surface area contributed by atoms with Gasteiger partial charge in [0.05, 0.1) is 25.8 Å². The predicted octanol–water partition coefficient (Wildman–Crippen LogP) is 2.45. The van der Waals surface area contributed by atoms with Crippen molar-refractivity contribution in [3.63, 3.8) is 0 Å². The molecule has 0 aliphatic heterocycles. The minimum absolute atomic E-state index is 0.0367.